The van der Waals surface area contributed by atoms with E-state index in [9.17, 15) is 4.79 Å². The van der Waals surface area contributed by atoms with Crippen LogP contribution in [-0.4, -0.2) is 30.4 Å². The standard InChI is InChI=1S/C12H24N2O/c1-12(2,3)10(13)11(15)14(4)8-9-6-5-7-9/h9-10H,5-8,13H2,1-4H3. The number of nitrogens with two attached hydrogens (primary N) is 1. The lowest BCUT2D eigenvalue weighted by atomic mass is 9.84. The molecule has 1 aliphatic carbocycles. The van der Waals surface area contributed by atoms with Crippen molar-refractivity contribution in [3.05, 3.63) is 0 Å². The molecule has 0 aromatic rings. The summed E-state index contributed by atoms with van der Waals surface area (Å²) in [5, 5.41) is 0. The third-order valence-electron chi connectivity index (χ3n) is 3.33. The highest BCUT2D eigenvalue weighted by Crippen LogP contribution is 2.27. The average Bonchev–Trinajstić information content (AvgIpc) is 2.06. The minimum absolute atomic E-state index is 0.0781. The molecular weight excluding hydrogens is 188 g/mol. The molecule has 0 aromatic carbocycles. The maximum atomic E-state index is 12.0. The van der Waals surface area contributed by atoms with Gasteiger partial charge < -0.3 is 10.6 Å². The van der Waals surface area contributed by atoms with Crippen molar-refractivity contribution in [3.8, 4) is 0 Å². The Morgan fingerprint density at radius 2 is 2.00 bits per heavy atom. The molecule has 88 valence electrons. The summed E-state index contributed by atoms with van der Waals surface area (Å²) in [7, 11) is 1.87. The molecule has 0 spiro atoms. The van der Waals surface area contributed by atoms with Crippen molar-refractivity contribution >= 4 is 5.91 Å². The van der Waals surface area contributed by atoms with Crippen LogP contribution in [0.1, 0.15) is 40.0 Å². The summed E-state index contributed by atoms with van der Waals surface area (Å²) < 4.78 is 0. The lowest BCUT2D eigenvalue weighted by Gasteiger charge is -2.34. The molecule has 0 aliphatic heterocycles. The molecule has 3 nitrogen and oxygen atoms in total. The van der Waals surface area contributed by atoms with E-state index in [1.54, 1.807) is 4.90 Å². The number of carbonyl (C=O) groups excluding carboxylic acids is 1. The van der Waals surface area contributed by atoms with E-state index in [-0.39, 0.29) is 17.4 Å². The fourth-order valence-electron chi connectivity index (χ4n) is 1.76. The summed E-state index contributed by atoms with van der Waals surface area (Å²) >= 11 is 0. The van der Waals surface area contributed by atoms with Gasteiger partial charge in [0, 0.05) is 13.6 Å². The normalized spacial score (nSPS) is 19.5. The first-order valence-electron chi connectivity index (χ1n) is 5.83. The molecule has 3 heteroatoms. The molecule has 0 heterocycles. The number of rotatable bonds is 3. The Morgan fingerprint density at radius 1 is 1.47 bits per heavy atom. The zero-order valence-corrected chi connectivity index (χ0v) is 10.4. The van der Waals surface area contributed by atoms with Crippen molar-refractivity contribution in [3.63, 3.8) is 0 Å². The first kappa shape index (κ1) is 12.5. The zero-order valence-electron chi connectivity index (χ0n) is 10.4. The first-order chi connectivity index (χ1) is 6.82. The van der Waals surface area contributed by atoms with Gasteiger partial charge >= 0.3 is 0 Å². The fourth-order valence-corrected chi connectivity index (χ4v) is 1.76. The summed E-state index contributed by atoms with van der Waals surface area (Å²) in [6, 6.07) is -0.387. The molecule has 0 saturated heterocycles. The Labute approximate surface area is 93.0 Å². The summed E-state index contributed by atoms with van der Waals surface area (Å²) in [5.41, 5.74) is 5.79. The minimum atomic E-state index is -0.387. The highest BCUT2D eigenvalue weighted by atomic mass is 16.2. The maximum absolute atomic E-state index is 12.0. The van der Waals surface area contributed by atoms with Gasteiger partial charge in [-0.1, -0.05) is 27.2 Å². The summed E-state index contributed by atoms with van der Waals surface area (Å²) in [4.78, 5) is 13.8. The molecular formula is C12H24N2O. The van der Waals surface area contributed by atoms with Crippen LogP contribution in [0.4, 0.5) is 0 Å². The van der Waals surface area contributed by atoms with Gasteiger partial charge in [-0.05, 0) is 24.2 Å². The third-order valence-corrected chi connectivity index (χ3v) is 3.33. The van der Waals surface area contributed by atoms with Crippen molar-refractivity contribution < 1.29 is 4.79 Å². The van der Waals surface area contributed by atoms with Gasteiger partial charge in [0.15, 0.2) is 0 Å². The Hall–Kier alpha value is -0.570. The van der Waals surface area contributed by atoms with Crippen molar-refractivity contribution in [2.45, 2.75) is 46.1 Å². The van der Waals surface area contributed by atoms with Crippen molar-refractivity contribution in [1.82, 2.24) is 4.90 Å². The quantitative estimate of drug-likeness (QED) is 0.772. The van der Waals surface area contributed by atoms with Crippen LogP contribution in [-0.2, 0) is 4.79 Å². The van der Waals surface area contributed by atoms with E-state index in [1.165, 1.54) is 19.3 Å². The number of hydrogen-bond donors (Lipinski definition) is 1. The molecule has 1 rings (SSSR count). The van der Waals surface area contributed by atoms with Crippen LogP contribution in [0.25, 0.3) is 0 Å². The molecule has 2 N–H and O–H groups in total. The van der Waals surface area contributed by atoms with Gasteiger partial charge in [0.25, 0.3) is 0 Å². The molecule has 1 amide bonds. The second-order valence-corrected chi connectivity index (χ2v) is 5.86. The number of carbonyl (C=O) groups is 1. The summed E-state index contributed by atoms with van der Waals surface area (Å²) in [6.07, 6.45) is 3.85. The maximum Gasteiger partial charge on any atom is 0.239 e. The predicted octanol–water partition coefficient (Wildman–Crippen LogP) is 1.62. The van der Waals surface area contributed by atoms with Gasteiger partial charge in [0.1, 0.15) is 0 Å². The van der Waals surface area contributed by atoms with Gasteiger partial charge in [-0.2, -0.15) is 0 Å². The molecule has 1 aliphatic rings. The number of hydrogen-bond acceptors (Lipinski definition) is 2. The van der Waals surface area contributed by atoms with E-state index in [0.29, 0.717) is 5.92 Å². The lowest BCUT2D eigenvalue weighted by Crippen LogP contribution is -2.50. The monoisotopic (exact) mass is 212 g/mol. The molecule has 1 fully saturated rings. The van der Waals surface area contributed by atoms with Crippen LogP contribution in [0.5, 0.6) is 0 Å². The number of amides is 1. The molecule has 1 saturated carbocycles. The lowest BCUT2D eigenvalue weighted by molar-refractivity contribution is -0.134. The van der Waals surface area contributed by atoms with E-state index < -0.39 is 0 Å². The third kappa shape index (κ3) is 3.20. The van der Waals surface area contributed by atoms with Crippen molar-refractivity contribution in [1.29, 1.82) is 0 Å². The Bertz CT molecular complexity index is 228. The molecule has 1 unspecified atom stereocenters. The fraction of sp³-hybridized carbons (Fsp3) is 0.917. The SMILES string of the molecule is CN(CC1CCC1)C(=O)C(N)C(C)(C)C. The largest absolute Gasteiger partial charge is 0.344 e. The first-order valence-corrected chi connectivity index (χ1v) is 5.83. The zero-order chi connectivity index (χ0) is 11.6. The van der Waals surface area contributed by atoms with Crippen LogP contribution >= 0.6 is 0 Å². The van der Waals surface area contributed by atoms with Crippen LogP contribution in [0, 0.1) is 11.3 Å². The molecule has 0 aromatic heterocycles. The van der Waals surface area contributed by atoms with E-state index >= 15 is 0 Å². The van der Waals surface area contributed by atoms with E-state index in [1.807, 2.05) is 27.8 Å². The predicted molar refractivity (Wildman–Crippen MR) is 62.4 cm³/mol. The van der Waals surface area contributed by atoms with Gasteiger partial charge in [-0.15, -0.1) is 0 Å². The number of likely N-dealkylation sites (N-methyl/N-ethyl adjacent to an activating group) is 1. The molecule has 1 atom stereocenters. The average molecular weight is 212 g/mol. The van der Waals surface area contributed by atoms with E-state index in [0.717, 1.165) is 6.54 Å². The molecule has 0 bridgehead atoms. The second-order valence-electron chi connectivity index (χ2n) is 5.86. The Balaban J connectivity index is 2.44. The Kier molecular flexibility index (Phi) is 3.77. The van der Waals surface area contributed by atoms with Gasteiger partial charge in [-0.3, -0.25) is 4.79 Å². The summed E-state index contributed by atoms with van der Waals surface area (Å²) in [5.74, 6) is 0.792. The highest BCUT2D eigenvalue weighted by Gasteiger charge is 2.31. The van der Waals surface area contributed by atoms with Crippen LogP contribution < -0.4 is 5.73 Å². The van der Waals surface area contributed by atoms with Crippen molar-refractivity contribution in [2.75, 3.05) is 13.6 Å². The molecule has 0 radical (unpaired) electrons. The minimum Gasteiger partial charge on any atom is -0.344 e. The van der Waals surface area contributed by atoms with E-state index in [4.69, 9.17) is 5.73 Å². The summed E-state index contributed by atoms with van der Waals surface area (Å²) in [6.45, 7) is 6.90. The smallest absolute Gasteiger partial charge is 0.239 e. The van der Waals surface area contributed by atoms with E-state index in [2.05, 4.69) is 0 Å². The van der Waals surface area contributed by atoms with Gasteiger partial charge in [0.05, 0.1) is 6.04 Å². The van der Waals surface area contributed by atoms with Crippen LogP contribution in [0.15, 0.2) is 0 Å². The van der Waals surface area contributed by atoms with Crippen LogP contribution in [0.2, 0.25) is 0 Å². The van der Waals surface area contributed by atoms with Gasteiger partial charge in [-0.25, -0.2) is 0 Å². The number of nitrogens with zero attached hydrogens (tertiary/aromatic N) is 1. The second kappa shape index (κ2) is 4.52. The van der Waals surface area contributed by atoms with Crippen molar-refractivity contribution in [2.24, 2.45) is 17.1 Å². The highest BCUT2D eigenvalue weighted by molar-refractivity contribution is 5.82. The molecule has 15 heavy (non-hydrogen) atoms. The Morgan fingerprint density at radius 3 is 2.33 bits per heavy atom. The topological polar surface area (TPSA) is 46.3 Å². The van der Waals surface area contributed by atoms with Gasteiger partial charge in [0.2, 0.25) is 5.91 Å². The van der Waals surface area contributed by atoms with Crippen LogP contribution in [0.3, 0.4) is 0 Å².